The zero-order valence-corrected chi connectivity index (χ0v) is 9.54. The van der Waals surface area contributed by atoms with Crippen molar-refractivity contribution in [1.29, 1.82) is 0 Å². The lowest BCUT2D eigenvalue weighted by atomic mass is 10.2. The molecular weight excluding hydrogens is 259 g/mol. The van der Waals surface area contributed by atoms with Crippen LogP contribution in [-0.4, -0.2) is 8.42 Å². The van der Waals surface area contributed by atoms with Gasteiger partial charge in [-0.15, -0.1) is 3.89 Å². The van der Waals surface area contributed by atoms with Crippen LogP contribution in [0.5, 0.6) is 0 Å². The van der Waals surface area contributed by atoms with Crippen molar-refractivity contribution in [3.63, 3.8) is 0 Å². The molecule has 1 aromatic carbocycles. The minimum Gasteiger partial charge on any atom is -0.189 e. The van der Waals surface area contributed by atoms with Gasteiger partial charge in [-0.05, 0) is 31.0 Å². The minimum atomic E-state index is -4.60. The normalized spacial score (nSPS) is 11.7. The van der Waals surface area contributed by atoms with Gasteiger partial charge in [-0.2, -0.15) is 8.42 Å². The first-order valence-electron chi connectivity index (χ1n) is 3.54. The molecule has 0 saturated carbocycles. The number of hydrogen-bond acceptors (Lipinski definition) is 2. The minimum absolute atomic E-state index is 0.273. The van der Waals surface area contributed by atoms with Crippen molar-refractivity contribution in [2.75, 3.05) is 0 Å². The van der Waals surface area contributed by atoms with E-state index in [1.54, 1.807) is 13.0 Å². The van der Waals surface area contributed by atoms with E-state index >= 15 is 0 Å². The average molecular weight is 267 g/mol. The quantitative estimate of drug-likeness (QED) is 0.733. The van der Waals surface area contributed by atoms with Crippen LogP contribution in [0.15, 0.2) is 21.5 Å². The lowest BCUT2D eigenvalue weighted by Gasteiger charge is -2.04. The molecule has 0 spiro atoms. The fourth-order valence-corrected chi connectivity index (χ4v) is 2.27. The SMILES string of the molecule is Cc1cc(C)c(S(=O)(=O)F)cc1Br. The lowest BCUT2D eigenvalue weighted by Crippen LogP contribution is -1.96. The highest BCUT2D eigenvalue weighted by atomic mass is 79.9. The van der Waals surface area contributed by atoms with E-state index in [0.717, 1.165) is 5.56 Å². The second kappa shape index (κ2) is 3.38. The van der Waals surface area contributed by atoms with Crippen LogP contribution in [-0.2, 0) is 10.2 Å². The van der Waals surface area contributed by atoms with Gasteiger partial charge >= 0.3 is 10.2 Å². The van der Waals surface area contributed by atoms with Crippen molar-refractivity contribution in [1.82, 2.24) is 0 Å². The van der Waals surface area contributed by atoms with Crippen molar-refractivity contribution in [3.05, 3.63) is 27.7 Å². The van der Waals surface area contributed by atoms with Crippen LogP contribution in [0.2, 0.25) is 0 Å². The van der Waals surface area contributed by atoms with E-state index in [-0.39, 0.29) is 4.90 Å². The highest BCUT2D eigenvalue weighted by Crippen LogP contribution is 2.25. The summed E-state index contributed by atoms with van der Waals surface area (Å²) in [5.74, 6) is 0. The van der Waals surface area contributed by atoms with Crippen molar-refractivity contribution in [2.45, 2.75) is 18.7 Å². The van der Waals surface area contributed by atoms with Crippen molar-refractivity contribution >= 4 is 26.2 Å². The maximum atomic E-state index is 12.6. The number of benzene rings is 1. The molecule has 0 amide bonds. The molecule has 0 unspecified atom stereocenters. The standard InChI is InChI=1S/C8H8BrFO2S/c1-5-3-6(2)8(4-7(5)9)13(10,11)12/h3-4H,1-2H3. The predicted octanol–water partition coefficient (Wildman–Crippen LogP) is 2.72. The Labute approximate surface area is 85.1 Å². The molecule has 0 heterocycles. The zero-order valence-electron chi connectivity index (χ0n) is 7.14. The first-order chi connectivity index (χ1) is 5.82. The molecule has 0 fully saturated rings. The molecule has 0 atom stereocenters. The Morgan fingerprint density at radius 3 is 2.23 bits per heavy atom. The maximum Gasteiger partial charge on any atom is 0.332 e. The Morgan fingerprint density at radius 2 is 1.77 bits per heavy atom. The Balaban J connectivity index is 3.50. The summed E-state index contributed by atoms with van der Waals surface area (Å²) in [4.78, 5) is -0.273. The smallest absolute Gasteiger partial charge is 0.189 e. The van der Waals surface area contributed by atoms with Gasteiger partial charge < -0.3 is 0 Å². The third-order valence-electron chi connectivity index (χ3n) is 1.72. The fourth-order valence-electron chi connectivity index (χ4n) is 1.07. The van der Waals surface area contributed by atoms with E-state index in [0.29, 0.717) is 10.0 Å². The van der Waals surface area contributed by atoms with E-state index in [4.69, 9.17) is 0 Å². The maximum absolute atomic E-state index is 12.6. The topological polar surface area (TPSA) is 34.1 Å². The van der Waals surface area contributed by atoms with Crippen LogP contribution in [0.25, 0.3) is 0 Å². The molecule has 0 saturated heterocycles. The summed E-state index contributed by atoms with van der Waals surface area (Å²) < 4.78 is 34.5. The summed E-state index contributed by atoms with van der Waals surface area (Å²) in [7, 11) is -4.60. The molecule has 0 aliphatic rings. The first kappa shape index (κ1) is 10.7. The molecule has 0 bridgehead atoms. The molecule has 1 rings (SSSR count). The predicted molar refractivity (Wildman–Crippen MR) is 51.9 cm³/mol. The monoisotopic (exact) mass is 266 g/mol. The summed E-state index contributed by atoms with van der Waals surface area (Å²) in [6, 6.07) is 2.90. The first-order valence-corrected chi connectivity index (χ1v) is 5.71. The Kier molecular flexibility index (Phi) is 2.77. The second-order valence-electron chi connectivity index (χ2n) is 2.80. The van der Waals surface area contributed by atoms with Crippen molar-refractivity contribution < 1.29 is 12.3 Å². The van der Waals surface area contributed by atoms with Gasteiger partial charge in [-0.3, -0.25) is 0 Å². The summed E-state index contributed by atoms with van der Waals surface area (Å²) in [6.07, 6.45) is 0. The van der Waals surface area contributed by atoms with E-state index in [1.807, 2.05) is 6.92 Å². The van der Waals surface area contributed by atoms with Crippen molar-refractivity contribution in [3.8, 4) is 0 Å². The number of hydrogen-bond donors (Lipinski definition) is 0. The summed E-state index contributed by atoms with van der Waals surface area (Å²) >= 11 is 3.14. The molecule has 0 aliphatic heterocycles. The molecule has 5 heteroatoms. The Morgan fingerprint density at radius 1 is 1.23 bits per heavy atom. The van der Waals surface area contributed by atoms with Crippen LogP contribution >= 0.6 is 15.9 Å². The van der Waals surface area contributed by atoms with Crippen molar-refractivity contribution in [2.24, 2.45) is 0 Å². The van der Waals surface area contributed by atoms with Gasteiger partial charge in [-0.25, -0.2) is 0 Å². The third kappa shape index (κ3) is 2.28. The summed E-state index contributed by atoms with van der Waals surface area (Å²) in [5, 5.41) is 0. The zero-order chi connectivity index (χ0) is 10.2. The van der Waals surface area contributed by atoms with E-state index in [9.17, 15) is 12.3 Å². The number of rotatable bonds is 1. The Bertz CT molecular complexity index is 440. The molecule has 0 radical (unpaired) electrons. The van der Waals surface area contributed by atoms with Gasteiger partial charge in [0.15, 0.2) is 0 Å². The van der Waals surface area contributed by atoms with Gasteiger partial charge in [0.2, 0.25) is 0 Å². The second-order valence-corrected chi connectivity index (χ2v) is 4.97. The largest absolute Gasteiger partial charge is 0.332 e. The van der Waals surface area contributed by atoms with Crippen LogP contribution in [0, 0.1) is 13.8 Å². The molecule has 1 aromatic rings. The molecule has 72 valence electrons. The Hall–Kier alpha value is -0.420. The highest BCUT2D eigenvalue weighted by molar-refractivity contribution is 9.10. The van der Waals surface area contributed by atoms with Crippen LogP contribution in [0.4, 0.5) is 3.89 Å². The van der Waals surface area contributed by atoms with Gasteiger partial charge in [0.05, 0.1) is 0 Å². The van der Waals surface area contributed by atoms with E-state index < -0.39 is 10.2 Å². The molecular formula is C8H8BrFO2S. The van der Waals surface area contributed by atoms with Gasteiger partial charge in [0, 0.05) is 4.47 Å². The van der Waals surface area contributed by atoms with Gasteiger partial charge in [-0.1, -0.05) is 22.0 Å². The van der Waals surface area contributed by atoms with E-state index in [1.165, 1.54) is 6.07 Å². The lowest BCUT2D eigenvalue weighted by molar-refractivity contribution is 0.551. The van der Waals surface area contributed by atoms with Gasteiger partial charge in [0.25, 0.3) is 0 Å². The highest BCUT2D eigenvalue weighted by Gasteiger charge is 2.16. The molecule has 0 N–H and O–H groups in total. The fraction of sp³-hybridized carbons (Fsp3) is 0.250. The molecule has 2 nitrogen and oxygen atoms in total. The summed E-state index contributed by atoms with van der Waals surface area (Å²) in [5.41, 5.74) is 1.30. The molecule has 0 aromatic heterocycles. The third-order valence-corrected chi connectivity index (χ3v) is 3.54. The van der Waals surface area contributed by atoms with Crippen LogP contribution in [0.1, 0.15) is 11.1 Å². The molecule has 13 heavy (non-hydrogen) atoms. The molecule has 0 aliphatic carbocycles. The van der Waals surface area contributed by atoms with Crippen LogP contribution < -0.4 is 0 Å². The van der Waals surface area contributed by atoms with Gasteiger partial charge in [0.1, 0.15) is 4.90 Å². The number of aryl methyl sites for hydroxylation is 2. The summed E-state index contributed by atoms with van der Waals surface area (Å²) in [6.45, 7) is 3.37. The number of halogens is 2. The van der Waals surface area contributed by atoms with E-state index in [2.05, 4.69) is 15.9 Å². The van der Waals surface area contributed by atoms with Crippen LogP contribution in [0.3, 0.4) is 0 Å². The average Bonchev–Trinajstić information content (AvgIpc) is 1.94.